The minimum Gasteiger partial charge on any atom is -0.352 e. The summed E-state index contributed by atoms with van der Waals surface area (Å²) in [5.41, 5.74) is -0.0364. The van der Waals surface area contributed by atoms with E-state index in [4.69, 9.17) is 0 Å². The molecule has 2 heterocycles. The fraction of sp³-hybridized carbons (Fsp3) is 0.667. The first-order valence-corrected chi connectivity index (χ1v) is 7.50. The van der Waals surface area contributed by atoms with Gasteiger partial charge in [0.25, 0.3) is 0 Å². The third-order valence-electron chi connectivity index (χ3n) is 3.47. The summed E-state index contributed by atoms with van der Waals surface area (Å²) in [7, 11) is 0. The van der Waals surface area contributed by atoms with Gasteiger partial charge in [-0.05, 0) is 39.7 Å². The van der Waals surface area contributed by atoms with Crippen LogP contribution in [0, 0.1) is 0 Å². The van der Waals surface area contributed by atoms with E-state index in [2.05, 4.69) is 46.3 Å². The zero-order valence-corrected chi connectivity index (χ0v) is 13.1. The van der Waals surface area contributed by atoms with Crippen LogP contribution in [0.5, 0.6) is 0 Å². The molecule has 116 valence electrons. The van der Waals surface area contributed by atoms with Crippen LogP contribution < -0.4 is 15.5 Å². The van der Waals surface area contributed by atoms with Gasteiger partial charge in [0, 0.05) is 37.1 Å². The SMILES string of the molecule is CC(C)(C)NCC(=O)NC1CCN(c2ncccn2)CC1. The smallest absolute Gasteiger partial charge is 0.234 e. The van der Waals surface area contributed by atoms with Gasteiger partial charge in [-0.2, -0.15) is 0 Å². The maximum atomic E-state index is 11.9. The van der Waals surface area contributed by atoms with Gasteiger partial charge in [0.15, 0.2) is 0 Å². The van der Waals surface area contributed by atoms with Gasteiger partial charge in [0.2, 0.25) is 11.9 Å². The number of amides is 1. The fourth-order valence-electron chi connectivity index (χ4n) is 2.30. The molecule has 1 fully saturated rings. The third kappa shape index (κ3) is 5.30. The zero-order valence-electron chi connectivity index (χ0n) is 13.1. The maximum absolute atomic E-state index is 11.9. The van der Waals surface area contributed by atoms with Crippen molar-refractivity contribution in [2.75, 3.05) is 24.5 Å². The van der Waals surface area contributed by atoms with E-state index in [1.165, 1.54) is 0 Å². The first kappa shape index (κ1) is 15.7. The molecule has 1 saturated heterocycles. The second-order valence-corrected chi connectivity index (χ2v) is 6.48. The molecule has 0 saturated carbocycles. The van der Waals surface area contributed by atoms with Gasteiger partial charge < -0.3 is 15.5 Å². The van der Waals surface area contributed by atoms with Crippen LogP contribution in [0.15, 0.2) is 18.5 Å². The Morgan fingerprint density at radius 2 is 1.90 bits per heavy atom. The minimum atomic E-state index is -0.0364. The molecule has 1 aromatic heterocycles. The summed E-state index contributed by atoms with van der Waals surface area (Å²) >= 11 is 0. The Morgan fingerprint density at radius 1 is 1.29 bits per heavy atom. The molecule has 0 atom stereocenters. The Bertz CT molecular complexity index is 449. The highest BCUT2D eigenvalue weighted by Crippen LogP contribution is 2.15. The van der Waals surface area contributed by atoms with Gasteiger partial charge in [-0.1, -0.05) is 0 Å². The van der Waals surface area contributed by atoms with E-state index >= 15 is 0 Å². The Balaban J connectivity index is 1.73. The monoisotopic (exact) mass is 291 g/mol. The van der Waals surface area contributed by atoms with Crippen molar-refractivity contribution in [1.29, 1.82) is 0 Å². The van der Waals surface area contributed by atoms with E-state index in [9.17, 15) is 4.79 Å². The molecule has 0 radical (unpaired) electrons. The van der Waals surface area contributed by atoms with Crippen LogP contribution in [-0.2, 0) is 4.79 Å². The molecule has 1 aliphatic rings. The second kappa shape index (κ2) is 6.85. The number of anilines is 1. The normalized spacial score (nSPS) is 16.8. The molecular weight excluding hydrogens is 266 g/mol. The quantitative estimate of drug-likeness (QED) is 0.864. The van der Waals surface area contributed by atoms with E-state index in [1.54, 1.807) is 12.4 Å². The van der Waals surface area contributed by atoms with E-state index in [0.29, 0.717) is 6.54 Å². The lowest BCUT2D eigenvalue weighted by molar-refractivity contribution is -0.121. The van der Waals surface area contributed by atoms with E-state index in [1.807, 2.05) is 6.07 Å². The van der Waals surface area contributed by atoms with E-state index in [-0.39, 0.29) is 17.5 Å². The number of nitrogens with one attached hydrogen (secondary N) is 2. The zero-order chi connectivity index (χ0) is 15.3. The summed E-state index contributed by atoms with van der Waals surface area (Å²) in [5, 5.41) is 6.30. The summed E-state index contributed by atoms with van der Waals surface area (Å²) in [6.45, 7) is 8.28. The number of hydrogen-bond donors (Lipinski definition) is 2. The second-order valence-electron chi connectivity index (χ2n) is 6.48. The van der Waals surface area contributed by atoms with Gasteiger partial charge >= 0.3 is 0 Å². The average Bonchev–Trinajstić information content (AvgIpc) is 2.46. The molecule has 0 spiro atoms. The number of piperidine rings is 1. The standard InChI is InChI=1S/C15H25N5O/c1-15(2,3)18-11-13(21)19-12-5-9-20(10-6-12)14-16-7-4-8-17-14/h4,7-8,12,18H,5-6,9-11H2,1-3H3,(H,19,21). The van der Waals surface area contributed by atoms with Crippen LogP contribution in [0.4, 0.5) is 5.95 Å². The van der Waals surface area contributed by atoms with Crippen molar-refractivity contribution in [3.63, 3.8) is 0 Å². The molecule has 0 bridgehead atoms. The summed E-state index contributed by atoms with van der Waals surface area (Å²) in [5.74, 6) is 0.844. The summed E-state index contributed by atoms with van der Waals surface area (Å²) < 4.78 is 0. The number of carbonyl (C=O) groups excluding carboxylic acids is 1. The highest BCUT2D eigenvalue weighted by atomic mass is 16.2. The Labute approximate surface area is 126 Å². The number of hydrogen-bond acceptors (Lipinski definition) is 5. The predicted molar refractivity (Wildman–Crippen MR) is 83.2 cm³/mol. The van der Waals surface area contributed by atoms with Crippen molar-refractivity contribution in [3.05, 3.63) is 18.5 Å². The number of rotatable bonds is 4. The van der Waals surface area contributed by atoms with Crippen molar-refractivity contribution >= 4 is 11.9 Å². The molecule has 2 N–H and O–H groups in total. The van der Waals surface area contributed by atoms with Crippen molar-refractivity contribution in [2.24, 2.45) is 0 Å². The Hall–Kier alpha value is -1.69. The van der Waals surface area contributed by atoms with Gasteiger partial charge in [-0.15, -0.1) is 0 Å². The van der Waals surface area contributed by atoms with Gasteiger partial charge in [-0.25, -0.2) is 9.97 Å². The van der Waals surface area contributed by atoms with Crippen molar-refractivity contribution < 1.29 is 4.79 Å². The van der Waals surface area contributed by atoms with E-state index in [0.717, 1.165) is 31.9 Å². The van der Waals surface area contributed by atoms with Crippen molar-refractivity contribution in [3.8, 4) is 0 Å². The predicted octanol–water partition coefficient (Wildman–Crippen LogP) is 0.950. The van der Waals surface area contributed by atoms with Crippen LogP contribution in [0.2, 0.25) is 0 Å². The molecule has 1 aromatic rings. The topological polar surface area (TPSA) is 70.2 Å². The first-order valence-electron chi connectivity index (χ1n) is 7.50. The van der Waals surface area contributed by atoms with Crippen LogP contribution in [-0.4, -0.2) is 47.1 Å². The lowest BCUT2D eigenvalue weighted by Gasteiger charge is -2.32. The summed E-state index contributed by atoms with van der Waals surface area (Å²) in [6, 6.07) is 2.07. The van der Waals surface area contributed by atoms with Crippen molar-refractivity contribution in [2.45, 2.75) is 45.2 Å². The van der Waals surface area contributed by atoms with Crippen LogP contribution in [0.1, 0.15) is 33.6 Å². The Morgan fingerprint density at radius 3 is 2.48 bits per heavy atom. The largest absolute Gasteiger partial charge is 0.352 e. The lowest BCUT2D eigenvalue weighted by atomic mass is 10.1. The minimum absolute atomic E-state index is 0.0364. The van der Waals surface area contributed by atoms with Gasteiger partial charge in [-0.3, -0.25) is 4.79 Å². The molecular formula is C15H25N5O. The Kier molecular flexibility index (Phi) is 5.12. The summed E-state index contributed by atoms with van der Waals surface area (Å²) in [6.07, 6.45) is 5.38. The fourth-order valence-corrected chi connectivity index (χ4v) is 2.30. The molecule has 6 nitrogen and oxygen atoms in total. The molecule has 0 aromatic carbocycles. The molecule has 6 heteroatoms. The van der Waals surface area contributed by atoms with Crippen LogP contribution in [0.3, 0.4) is 0 Å². The molecule has 1 amide bonds. The van der Waals surface area contributed by atoms with E-state index < -0.39 is 0 Å². The number of nitrogens with zero attached hydrogens (tertiary/aromatic N) is 3. The van der Waals surface area contributed by atoms with Gasteiger partial charge in [0.05, 0.1) is 6.54 Å². The molecule has 21 heavy (non-hydrogen) atoms. The molecule has 0 unspecified atom stereocenters. The van der Waals surface area contributed by atoms with Crippen LogP contribution in [0.25, 0.3) is 0 Å². The van der Waals surface area contributed by atoms with Crippen molar-refractivity contribution in [1.82, 2.24) is 20.6 Å². The third-order valence-corrected chi connectivity index (χ3v) is 3.47. The molecule has 1 aliphatic heterocycles. The number of carbonyl (C=O) groups is 1. The highest BCUT2D eigenvalue weighted by molar-refractivity contribution is 5.78. The first-order chi connectivity index (χ1) is 9.94. The lowest BCUT2D eigenvalue weighted by Crippen LogP contribution is -2.49. The summed E-state index contributed by atoms with van der Waals surface area (Å²) in [4.78, 5) is 22.6. The molecule has 0 aliphatic carbocycles. The van der Waals surface area contributed by atoms with Crippen LogP contribution >= 0.6 is 0 Å². The highest BCUT2D eigenvalue weighted by Gasteiger charge is 2.22. The molecule has 2 rings (SSSR count). The number of aromatic nitrogens is 2. The average molecular weight is 291 g/mol. The maximum Gasteiger partial charge on any atom is 0.234 e. The van der Waals surface area contributed by atoms with Gasteiger partial charge in [0.1, 0.15) is 0 Å².